The molecular weight excluding hydrogens is 843 g/mol. The molecule has 2 rings (SSSR count). The van der Waals surface area contributed by atoms with Gasteiger partial charge in [-0.25, -0.2) is 0 Å². The molecule has 0 radical (unpaired) electrons. The second kappa shape index (κ2) is 36.2. The molecule has 0 spiro atoms. The average Bonchev–Trinajstić information content (AvgIpc) is 4.06. The summed E-state index contributed by atoms with van der Waals surface area (Å²) in [5.41, 5.74) is 11.4. The highest BCUT2D eigenvalue weighted by Crippen LogP contribution is 2.13. The van der Waals surface area contributed by atoms with Crippen LogP contribution in [0.4, 0.5) is 0 Å². The predicted molar refractivity (Wildman–Crippen MR) is 260 cm³/mol. The van der Waals surface area contributed by atoms with E-state index in [1.807, 2.05) is 0 Å². The molecule has 380 valence electrons. The van der Waals surface area contributed by atoms with Crippen LogP contribution in [0, 0.1) is 0 Å². The average molecular weight is 934 g/mol. The van der Waals surface area contributed by atoms with Gasteiger partial charge in [0.05, 0.1) is 12.1 Å². The van der Waals surface area contributed by atoms with Gasteiger partial charge in [-0.3, -0.25) is 33.6 Å². The number of unbranched alkanes of at least 4 members (excludes halogenated alkanes) is 14. The van der Waals surface area contributed by atoms with Gasteiger partial charge in [-0.05, 0) is 130 Å². The lowest BCUT2D eigenvalue weighted by molar-refractivity contribution is -0.134. The molecule has 0 aromatic heterocycles. The maximum absolute atomic E-state index is 13.9. The van der Waals surface area contributed by atoms with E-state index in [2.05, 4.69) is 54.8 Å². The van der Waals surface area contributed by atoms with Gasteiger partial charge >= 0.3 is 0 Å². The van der Waals surface area contributed by atoms with E-state index in [4.69, 9.17) is 11.5 Å². The molecule has 18 heteroatoms. The minimum absolute atomic E-state index is 0.244. The van der Waals surface area contributed by atoms with E-state index in [1.165, 1.54) is 57.8 Å². The Hall–Kier alpha value is -3.87. The minimum Gasteiger partial charge on any atom is -0.354 e. The Morgan fingerprint density at radius 1 is 0.455 bits per heavy atom. The summed E-state index contributed by atoms with van der Waals surface area (Å²) in [5, 5.41) is 26.2. The first-order valence-electron chi connectivity index (χ1n) is 25.9. The van der Waals surface area contributed by atoms with Gasteiger partial charge in [0.1, 0.15) is 30.2 Å². The standard InChI is InChI=1S/C48H91N11O7/c1-4-5-6-7-8-9-10-11-12-13-14-20-31-53-45(63)40(59-48(66)41(25-16-19-30-50)58-43(61)36(3)56-47(65)38-28-23-34-52-38)26-17-21-32-54-44(62)39(24-15-18-29-49)57-42(60)35(2)55-46(64)37-27-22-33-51-37/h35-41,51-52H,4-34,49-50H2,1-3H3,(H,53,63)(H,54,62)(H,55,64)(H,56,65)(H,57,60)(H,58,61)(H,59,66)/t35-,36-,37-,38-,39-,40-,41-/m0/s1. The maximum Gasteiger partial charge on any atom is 0.243 e. The predicted octanol–water partition coefficient (Wildman–Crippen LogP) is 2.32. The lowest BCUT2D eigenvalue weighted by Gasteiger charge is -2.25. The van der Waals surface area contributed by atoms with Gasteiger partial charge in [0.15, 0.2) is 0 Å². The molecule has 0 saturated carbocycles. The molecular formula is C48H91N11O7. The zero-order valence-electron chi connectivity index (χ0n) is 41.0. The van der Waals surface area contributed by atoms with Gasteiger partial charge in [-0.1, -0.05) is 77.6 Å². The fourth-order valence-electron chi connectivity index (χ4n) is 8.34. The Balaban J connectivity index is 2.00. The third kappa shape index (κ3) is 25.3. The quantitative estimate of drug-likeness (QED) is 0.0400. The van der Waals surface area contributed by atoms with E-state index in [1.54, 1.807) is 13.8 Å². The molecule has 0 unspecified atom stereocenters. The Bertz CT molecular complexity index is 1410. The van der Waals surface area contributed by atoms with Crippen LogP contribution in [0.3, 0.4) is 0 Å². The summed E-state index contributed by atoms with van der Waals surface area (Å²) in [6.07, 6.45) is 22.0. The van der Waals surface area contributed by atoms with Gasteiger partial charge in [-0.15, -0.1) is 0 Å². The molecule has 13 N–H and O–H groups in total. The SMILES string of the molecule is CCCCCCCCCCCCCCNC(=O)[C@H](CCCCNC(=O)[C@H](CCCCN)NC(=O)[C@H](C)NC(=O)[C@@H]1CCCN1)NC(=O)[C@H](CCCCN)NC(=O)[C@H](C)NC(=O)[C@@H]1CCCN1. The Kier molecular flexibility index (Phi) is 32.0. The van der Waals surface area contributed by atoms with Crippen LogP contribution in [-0.2, 0) is 33.6 Å². The fourth-order valence-corrected chi connectivity index (χ4v) is 8.34. The number of rotatable bonds is 38. The highest BCUT2D eigenvalue weighted by Gasteiger charge is 2.31. The molecule has 18 nitrogen and oxygen atoms in total. The normalized spacial score (nSPS) is 18.0. The fraction of sp³-hybridized carbons (Fsp3) is 0.854. The zero-order valence-corrected chi connectivity index (χ0v) is 41.0. The first kappa shape index (κ1) is 58.3. The Morgan fingerprint density at radius 2 is 0.803 bits per heavy atom. The summed E-state index contributed by atoms with van der Waals surface area (Å²) in [5.74, 6) is -2.65. The summed E-state index contributed by atoms with van der Waals surface area (Å²) >= 11 is 0. The van der Waals surface area contributed by atoms with E-state index in [9.17, 15) is 33.6 Å². The van der Waals surface area contributed by atoms with Crippen LogP contribution in [0.5, 0.6) is 0 Å². The number of hydrogen-bond donors (Lipinski definition) is 11. The number of carbonyl (C=O) groups excluding carboxylic acids is 7. The molecule has 0 aliphatic carbocycles. The zero-order chi connectivity index (χ0) is 48.4. The second-order valence-electron chi connectivity index (χ2n) is 18.5. The molecule has 0 bridgehead atoms. The lowest BCUT2D eigenvalue weighted by atomic mass is 10.0. The smallest absolute Gasteiger partial charge is 0.243 e. The third-order valence-electron chi connectivity index (χ3n) is 12.6. The highest BCUT2D eigenvalue weighted by atomic mass is 16.2. The van der Waals surface area contributed by atoms with Crippen LogP contribution >= 0.6 is 0 Å². The number of carbonyl (C=O) groups is 7. The topological polar surface area (TPSA) is 280 Å². The van der Waals surface area contributed by atoms with Gasteiger partial charge < -0.3 is 59.3 Å². The number of amides is 7. The maximum atomic E-state index is 13.9. The molecule has 2 aliphatic heterocycles. The van der Waals surface area contributed by atoms with E-state index in [0.29, 0.717) is 83.8 Å². The molecule has 7 atom stereocenters. The molecule has 0 aromatic rings. The van der Waals surface area contributed by atoms with Gasteiger partial charge in [-0.2, -0.15) is 0 Å². The minimum atomic E-state index is -0.958. The largest absolute Gasteiger partial charge is 0.354 e. The van der Waals surface area contributed by atoms with Crippen molar-refractivity contribution in [3.8, 4) is 0 Å². The van der Waals surface area contributed by atoms with Crippen molar-refractivity contribution in [2.24, 2.45) is 11.5 Å². The highest BCUT2D eigenvalue weighted by molar-refractivity contribution is 5.95. The van der Waals surface area contributed by atoms with Crippen molar-refractivity contribution in [2.75, 3.05) is 39.3 Å². The molecule has 0 aromatic carbocycles. The Morgan fingerprint density at radius 3 is 1.18 bits per heavy atom. The van der Waals surface area contributed by atoms with Crippen molar-refractivity contribution >= 4 is 41.4 Å². The number of nitrogens with one attached hydrogen (secondary N) is 9. The van der Waals surface area contributed by atoms with Crippen molar-refractivity contribution in [3.05, 3.63) is 0 Å². The van der Waals surface area contributed by atoms with Crippen LogP contribution in [0.25, 0.3) is 0 Å². The van der Waals surface area contributed by atoms with E-state index in [-0.39, 0.29) is 48.7 Å². The van der Waals surface area contributed by atoms with E-state index < -0.39 is 47.9 Å². The molecule has 2 saturated heterocycles. The molecule has 2 heterocycles. The summed E-state index contributed by atoms with van der Waals surface area (Å²) in [6.45, 7) is 8.49. The first-order valence-corrected chi connectivity index (χ1v) is 25.9. The third-order valence-corrected chi connectivity index (χ3v) is 12.6. The molecule has 66 heavy (non-hydrogen) atoms. The number of nitrogens with two attached hydrogens (primary N) is 2. The second-order valence-corrected chi connectivity index (χ2v) is 18.5. The van der Waals surface area contributed by atoms with E-state index >= 15 is 0 Å². The van der Waals surface area contributed by atoms with Gasteiger partial charge in [0, 0.05) is 13.1 Å². The van der Waals surface area contributed by atoms with Crippen LogP contribution < -0.4 is 59.3 Å². The van der Waals surface area contributed by atoms with Crippen molar-refractivity contribution < 1.29 is 33.6 Å². The van der Waals surface area contributed by atoms with Crippen LogP contribution in [0.1, 0.15) is 181 Å². The summed E-state index contributed by atoms with van der Waals surface area (Å²) in [4.78, 5) is 92.7. The van der Waals surface area contributed by atoms with Crippen molar-refractivity contribution in [1.29, 1.82) is 0 Å². The van der Waals surface area contributed by atoms with Crippen LogP contribution in [0.2, 0.25) is 0 Å². The lowest BCUT2D eigenvalue weighted by Crippen LogP contribution is -2.57. The van der Waals surface area contributed by atoms with Crippen molar-refractivity contribution in [2.45, 2.75) is 224 Å². The summed E-state index contributed by atoms with van der Waals surface area (Å²) < 4.78 is 0. The Labute approximate surface area is 396 Å². The van der Waals surface area contributed by atoms with Crippen LogP contribution in [0.15, 0.2) is 0 Å². The monoisotopic (exact) mass is 934 g/mol. The number of hydrogen-bond acceptors (Lipinski definition) is 11. The van der Waals surface area contributed by atoms with Crippen molar-refractivity contribution in [1.82, 2.24) is 47.9 Å². The van der Waals surface area contributed by atoms with Crippen molar-refractivity contribution in [3.63, 3.8) is 0 Å². The molecule has 2 aliphatic rings. The van der Waals surface area contributed by atoms with Gasteiger partial charge in [0.25, 0.3) is 0 Å². The molecule has 2 fully saturated rings. The first-order chi connectivity index (χ1) is 31.9. The summed E-state index contributed by atoms with van der Waals surface area (Å²) in [6, 6.07) is -5.09. The van der Waals surface area contributed by atoms with Crippen LogP contribution in [-0.4, -0.2) is 123 Å². The summed E-state index contributed by atoms with van der Waals surface area (Å²) in [7, 11) is 0. The molecule has 7 amide bonds. The van der Waals surface area contributed by atoms with E-state index in [0.717, 1.165) is 45.2 Å². The van der Waals surface area contributed by atoms with Gasteiger partial charge in [0.2, 0.25) is 41.4 Å².